The number of nitro groups is 1. The van der Waals surface area contributed by atoms with Crippen molar-refractivity contribution in [2.45, 2.75) is 32.2 Å². The summed E-state index contributed by atoms with van der Waals surface area (Å²) in [6.45, 7) is 3.65. The molecular formula is C15H22N4O4. The smallest absolute Gasteiger partial charge is 0.287 e. The van der Waals surface area contributed by atoms with Gasteiger partial charge in [-0.2, -0.15) is 0 Å². The Bertz CT molecular complexity index is 571. The van der Waals surface area contributed by atoms with Gasteiger partial charge in [-0.05, 0) is 25.3 Å². The molecule has 8 heteroatoms. The molecular weight excluding hydrogens is 300 g/mol. The van der Waals surface area contributed by atoms with Crippen molar-refractivity contribution in [2.24, 2.45) is 0 Å². The zero-order chi connectivity index (χ0) is 16.8. The van der Waals surface area contributed by atoms with Crippen LogP contribution in [0.2, 0.25) is 0 Å². The number of rotatable bonds is 6. The highest BCUT2D eigenvalue weighted by atomic mass is 16.6. The van der Waals surface area contributed by atoms with Crippen LogP contribution in [0, 0.1) is 17.0 Å². The number of piperidine rings is 1. The van der Waals surface area contributed by atoms with E-state index < -0.39 is 4.92 Å². The number of aromatic nitrogens is 1. The minimum atomic E-state index is -0.451. The van der Waals surface area contributed by atoms with Gasteiger partial charge in [-0.15, -0.1) is 0 Å². The largest absolute Gasteiger partial charge is 0.384 e. The second-order valence-electron chi connectivity index (χ2n) is 5.66. The third-order valence-corrected chi connectivity index (χ3v) is 3.98. The van der Waals surface area contributed by atoms with Crippen molar-refractivity contribution in [3.05, 3.63) is 27.9 Å². The molecule has 0 saturated carbocycles. The Morgan fingerprint density at radius 3 is 2.78 bits per heavy atom. The molecule has 0 aliphatic carbocycles. The van der Waals surface area contributed by atoms with Gasteiger partial charge < -0.3 is 15.0 Å². The van der Waals surface area contributed by atoms with Gasteiger partial charge in [-0.3, -0.25) is 14.9 Å². The highest BCUT2D eigenvalue weighted by molar-refractivity contribution is 5.76. The van der Waals surface area contributed by atoms with Gasteiger partial charge in [0.1, 0.15) is 12.0 Å². The molecule has 1 saturated heterocycles. The van der Waals surface area contributed by atoms with E-state index in [1.54, 1.807) is 14.0 Å². The Kier molecular flexibility index (Phi) is 5.86. The fourth-order valence-corrected chi connectivity index (χ4v) is 2.62. The number of nitrogens with zero attached hydrogens (tertiary/aromatic N) is 3. The zero-order valence-corrected chi connectivity index (χ0v) is 13.4. The van der Waals surface area contributed by atoms with Crippen molar-refractivity contribution < 1.29 is 14.5 Å². The number of aryl methyl sites for hydroxylation is 1. The van der Waals surface area contributed by atoms with Gasteiger partial charge in [0, 0.05) is 32.3 Å². The van der Waals surface area contributed by atoms with Crippen LogP contribution in [-0.4, -0.2) is 53.6 Å². The number of methoxy groups -OCH3 is 1. The Labute approximate surface area is 135 Å². The average molecular weight is 322 g/mol. The number of hydrogen-bond donors (Lipinski definition) is 1. The minimum Gasteiger partial charge on any atom is -0.384 e. The lowest BCUT2D eigenvalue weighted by Crippen LogP contribution is -2.42. The van der Waals surface area contributed by atoms with Gasteiger partial charge in [0.05, 0.1) is 18.0 Å². The number of likely N-dealkylation sites (tertiary alicyclic amines) is 1. The number of nitrogens with one attached hydrogen (secondary N) is 1. The molecule has 1 aromatic heterocycles. The minimum absolute atomic E-state index is 0.00777. The Morgan fingerprint density at radius 1 is 1.52 bits per heavy atom. The molecule has 0 unspecified atom stereocenters. The molecule has 1 aromatic rings. The lowest BCUT2D eigenvalue weighted by atomic mass is 10.0. The molecule has 1 N–H and O–H groups in total. The number of carbonyl (C=O) groups excluding carboxylic acids is 1. The maximum atomic E-state index is 11.9. The van der Waals surface area contributed by atoms with E-state index in [2.05, 4.69) is 10.3 Å². The van der Waals surface area contributed by atoms with Gasteiger partial charge in [0.2, 0.25) is 5.91 Å². The first-order chi connectivity index (χ1) is 11.0. The highest BCUT2D eigenvalue weighted by Crippen LogP contribution is 2.21. The fourth-order valence-electron chi connectivity index (χ4n) is 2.62. The second-order valence-corrected chi connectivity index (χ2v) is 5.66. The van der Waals surface area contributed by atoms with Crippen molar-refractivity contribution in [1.82, 2.24) is 9.88 Å². The molecule has 126 valence electrons. The molecule has 1 amide bonds. The fraction of sp³-hybridized carbons (Fsp3) is 0.600. The Balaban J connectivity index is 1.87. The maximum Gasteiger partial charge on any atom is 0.287 e. The first kappa shape index (κ1) is 17.1. The number of pyridine rings is 1. The molecule has 2 heterocycles. The van der Waals surface area contributed by atoms with E-state index in [1.165, 1.54) is 12.3 Å². The molecule has 0 radical (unpaired) electrons. The highest BCUT2D eigenvalue weighted by Gasteiger charge is 2.23. The number of anilines is 1. The quantitative estimate of drug-likeness (QED) is 0.633. The number of hydrogen-bond acceptors (Lipinski definition) is 6. The summed E-state index contributed by atoms with van der Waals surface area (Å²) in [6, 6.07) is 1.73. The van der Waals surface area contributed by atoms with Crippen LogP contribution in [0.1, 0.15) is 24.8 Å². The number of amides is 1. The molecule has 0 spiro atoms. The predicted molar refractivity (Wildman–Crippen MR) is 85.3 cm³/mol. The molecule has 0 atom stereocenters. The molecule has 1 aliphatic heterocycles. The topological polar surface area (TPSA) is 97.6 Å². The summed E-state index contributed by atoms with van der Waals surface area (Å²) in [5.74, 6) is 0.787. The summed E-state index contributed by atoms with van der Waals surface area (Å²) < 4.78 is 4.93. The SMILES string of the molecule is COCCC(=O)N1CCC(Nc2ncc([N+](=O)[O-])cc2C)CC1. The van der Waals surface area contributed by atoms with Crippen LogP contribution in [0.3, 0.4) is 0 Å². The van der Waals surface area contributed by atoms with Crippen LogP contribution < -0.4 is 5.32 Å². The zero-order valence-electron chi connectivity index (χ0n) is 13.4. The van der Waals surface area contributed by atoms with Crippen molar-refractivity contribution in [1.29, 1.82) is 0 Å². The monoisotopic (exact) mass is 322 g/mol. The van der Waals surface area contributed by atoms with Gasteiger partial charge in [-0.25, -0.2) is 4.98 Å². The molecule has 23 heavy (non-hydrogen) atoms. The molecule has 2 rings (SSSR count). The Morgan fingerprint density at radius 2 is 2.22 bits per heavy atom. The van der Waals surface area contributed by atoms with Gasteiger partial charge in [0.25, 0.3) is 5.69 Å². The normalized spacial score (nSPS) is 15.5. The summed E-state index contributed by atoms with van der Waals surface area (Å²) in [4.78, 5) is 28.2. The second kappa shape index (κ2) is 7.87. The maximum absolute atomic E-state index is 11.9. The van der Waals surface area contributed by atoms with Crippen molar-refractivity contribution >= 4 is 17.4 Å². The first-order valence-electron chi connectivity index (χ1n) is 7.65. The van der Waals surface area contributed by atoms with Crippen LogP contribution in [-0.2, 0) is 9.53 Å². The number of carbonyl (C=O) groups is 1. The van der Waals surface area contributed by atoms with Crippen LogP contribution in [0.15, 0.2) is 12.3 Å². The van der Waals surface area contributed by atoms with E-state index in [1.807, 2.05) is 4.90 Å². The van der Waals surface area contributed by atoms with Gasteiger partial charge in [-0.1, -0.05) is 0 Å². The first-order valence-corrected chi connectivity index (χ1v) is 7.65. The standard InChI is InChI=1S/C15H22N4O4/c1-11-9-13(19(21)22)10-16-15(11)17-12-3-6-18(7-4-12)14(20)5-8-23-2/h9-10,12H,3-8H2,1-2H3,(H,16,17). The van der Waals surface area contributed by atoms with E-state index >= 15 is 0 Å². The number of ether oxygens (including phenoxy) is 1. The van der Waals surface area contributed by atoms with E-state index in [9.17, 15) is 14.9 Å². The van der Waals surface area contributed by atoms with Gasteiger partial charge >= 0.3 is 0 Å². The molecule has 8 nitrogen and oxygen atoms in total. The summed E-state index contributed by atoms with van der Waals surface area (Å²) in [7, 11) is 1.59. The van der Waals surface area contributed by atoms with Crippen LogP contribution in [0.5, 0.6) is 0 Å². The summed E-state index contributed by atoms with van der Waals surface area (Å²) in [5.41, 5.74) is 0.740. The average Bonchev–Trinajstić information content (AvgIpc) is 2.55. The summed E-state index contributed by atoms with van der Waals surface area (Å²) in [6.07, 6.45) is 3.34. The third kappa shape index (κ3) is 4.62. The molecule has 0 bridgehead atoms. The van der Waals surface area contributed by atoms with Crippen molar-refractivity contribution in [3.63, 3.8) is 0 Å². The molecule has 0 aromatic carbocycles. The van der Waals surface area contributed by atoms with Crippen LogP contribution in [0.4, 0.5) is 11.5 Å². The molecule has 1 fully saturated rings. The van der Waals surface area contributed by atoms with Gasteiger partial charge in [0.15, 0.2) is 0 Å². The van der Waals surface area contributed by atoms with Crippen molar-refractivity contribution in [3.8, 4) is 0 Å². The lowest BCUT2D eigenvalue weighted by molar-refractivity contribution is -0.385. The van der Waals surface area contributed by atoms with Crippen LogP contribution >= 0.6 is 0 Å². The predicted octanol–water partition coefficient (Wildman–Crippen LogP) is 1.74. The van der Waals surface area contributed by atoms with E-state index in [0.717, 1.165) is 18.4 Å². The van der Waals surface area contributed by atoms with Crippen LogP contribution in [0.25, 0.3) is 0 Å². The van der Waals surface area contributed by atoms with E-state index in [0.29, 0.717) is 31.9 Å². The summed E-state index contributed by atoms with van der Waals surface area (Å²) >= 11 is 0. The lowest BCUT2D eigenvalue weighted by Gasteiger charge is -2.33. The van der Waals surface area contributed by atoms with E-state index in [-0.39, 0.29) is 17.6 Å². The van der Waals surface area contributed by atoms with E-state index in [4.69, 9.17) is 4.74 Å². The molecule has 1 aliphatic rings. The van der Waals surface area contributed by atoms with Crippen molar-refractivity contribution in [2.75, 3.05) is 32.1 Å². The third-order valence-electron chi connectivity index (χ3n) is 3.98. The summed E-state index contributed by atoms with van der Waals surface area (Å²) in [5, 5.41) is 14.0. The Hall–Kier alpha value is -2.22.